The van der Waals surface area contributed by atoms with Crippen LogP contribution in [0.3, 0.4) is 0 Å². The summed E-state index contributed by atoms with van der Waals surface area (Å²) in [5.41, 5.74) is 0.955. The highest BCUT2D eigenvalue weighted by molar-refractivity contribution is 7.15. The normalized spacial score (nSPS) is 16.5. The Kier molecular flexibility index (Phi) is 4.89. The number of nitrogens with one attached hydrogen (secondary N) is 1. The van der Waals surface area contributed by atoms with Crippen molar-refractivity contribution in [3.05, 3.63) is 32.2 Å². The largest absolute Gasteiger partial charge is 0.507 e. The Morgan fingerprint density at radius 1 is 1.44 bits per heavy atom. The summed E-state index contributed by atoms with van der Waals surface area (Å²) in [4.78, 5) is 25.5. The molecule has 0 fully saturated rings. The first-order chi connectivity index (χ1) is 11.9. The number of aryl methyl sites for hydroxylation is 1. The van der Waals surface area contributed by atoms with E-state index in [9.17, 15) is 14.7 Å². The number of carbonyl (C=O) groups is 1. The van der Waals surface area contributed by atoms with E-state index in [1.807, 2.05) is 6.92 Å². The highest BCUT2D eigenvalue weighted by Crippen LogP contribution is 2.33. The molecule has 0 radical (unpaired) electrons. The number of fused-ring (bicyclic) bond motifs is 1. The molecule has 1 aliphatic rings. The van der Waals surface area contributed by atoms with Gasteiger partial charge >= 0.3 is 0 Å². The molecule has 0 aromatic carbocycles. The van der Waals surface area contributed by atoms with Crippen LogP contribution in [0.5, 0.6) is 5.75 Å². The van der Waals surface area contributed by atoms with Crippen molar-refractivity contribution >= 4 is 22.4 Å². The molecule has 1 atom stereocenters. The Bertz CT molecular complexity index is 872. The number of carbonyl (C=O) groups excluding carboxylic acids is 1. The summed E-state index contributed by atoms with van der Waals surface area (Å²) in [7, 11) is 0. The molecule has 2 heterocycles. The van der Waals surface area contributed by atoms with E-state index in [-0.39, 0.29) is 11.3 Å². The lowest BCUT2D eigenvalue weighted by molar-refractivity contribution is 0.102. The van der Waals surface area contributed by atoms with Crippen molar-refractivity contribution in [1.82, 2.24) is 14.8 Å². The summed E-state index contributed by atoms with van der Waals surface area (Å²) < 4.78 is 1.65. The van der Waals surface area contributed by atoms with Crippen LogP contribution in [-0.4, -0.2) is 25.8 Å². The van der Waals surface area contributed by atoms with Gasteiger partial charge in [0.05, 0.1) is 0 Å². The molecule has 7 nitrogen and oxygen atoms in total. The molecule has 3 rings (SSSR count). The maximum atomic E-state index is 12.9. The molecule has 2 aromatic rings. The van der Waals surface area contributed by atoms with Gasteiger partial charge in [-0.3, -0.25) is 14.9 Å². The van der Waals surface area contributed by atoms with Gasteiger partial charge in [-0.15, -0.1) is 10.2 Å². The maximum absolute atomic E-state index is 12.9. The first kappa shape index (κ1) is 17.6. The van der Waals surface area contributed by atoms with Gasteiger partial charge in [0.25, 0.3) is 11.5 Å². The predicted octanol–water partition coefficient (Wildman–Crippen LogP) is 2.50. The van der Waals surface area contributed by atoms with Crippen molar-refractivity contribution in [3.8, 4) is 5.75 Å². The van der Waals surface area contributed by atoms with Gasteiger partial charge in [0.15, 0.2) is 0 Å². The number of hydrogen-bond donors (Lipinski definition) is 2. The van der Waals surface area contributed by atoms with Gasteiger partial charge in [0, 0.05) is 17.8 Å². The number of aromatic nitrogens is 3. The van der Waals surface area contributed by atoms with Crippen LogP contribution in [0.15, 0.2) is 4.79 Å². The second kappa shape index (κ2) is 6.95. The average molecular weight is 362 g/mol. The van der Waals surface area contributed by atoms with Gasteiger partial charge in [0.2, 0.25) is 5.13 Å². The van der Waals surface area contributed by atoms with Crippen molar-refractivity contribution in [2.24, 2.45) is 5.92 Å². The quantitative estimate of drug-likeness (QED) is 0.871. The average Bonchev–Trinajstić information content (AvgIpc) is 2.96. The SMILES string of the molecule is CCCn1c2c(c(O)c(C(=O)Nc3nnc(C)s3)c1=O)C[C@@H](C)CC2. The summed E-state index contributed by atoms with van der Waals surface area (Å²) in [6.45, 7) is 6.41. The molecule has 0 saturated carbocycles. The number of amides is 1. The molecule has 2 aromatic heterocycles. The molecule has 0 spiro atoms. The molecule has 0 bridgehead atoms. The highest BCUT2D eigenvalue weighted by atomic mass is 32.1. The maximum Gasteiger partial charge on any atom is 0.267 e. The lowest BCUT2D eigenvalue weighted by Crippen LogP contribution is -2.34. The molecule has 1 aliphatic carbocycles. The lowest BCUT2D eigenvalue weighted by Gasteiger charge is -2.26. The van der Waals surface area contributed by atoms with Crippen LogP contribution < -0.4 is 10.9 Å². The number of nitrogens with zero attached hydrogens (tertiary/aromatic N) is 3. The molecule has 1 amide bonds. The number of rotatable bonds is 4. The number of pyridine rings is 1. The van der Waals surface area contributed by atoms with E-state index >= 15 is 0 Å². The summed E-state index contributed by atoms with van der Waals surface area (Å²) in [5.74, 6) is -0.408. The molecule has 25 heavy (non-hydrogen) atoms. The second-order valence-electron chi connectivity index (χ2n) is 6.53. The summed E-state index contributed by atoms with van der Waals surface area (Å²) >= 11 is 1.22. The fourth-order valence-electron chi connectivity index (χ4n) is 3.31. The summed E-state index contributed by atoms with van der Waals surface area (Å²) in [5, 5.41) is 22.0. The Morgan fingerprint density at radius 2 is 2.20 bits per heavy atom. The zero-order chi connectivity index (χ0) is 18.1. The van der Waals surface area contributed by atoms with E-state index < -0.39 is 11.5 Å². The van der Waals surface area contributed by atoms with Gasteiger partial charge in [-0.1, -0.05) is 25.2 Å². The molecule has 0 saturated heterocycles. The van der Waals surface area contributed by atoms with E-state index in [1.165, 1.54) is 11.3 Å². The Hall–Kier alpha value is -2.22. The molecular weight excluding hydrogens is 340 g/mol. The fraction of sp³-hybridized carbons (Fsp3) is 0.529. The predicted molar refractivity (Wildman–Crippen MR) is 96.4 cm³/mol. The lowest BCUT2D eigenvalue weighted by atomic mass is 9.86. The zero-order valence-corrected chi connectivity index (χ0v) is 15.4. The van der Waals surface area contributed by atoms with Crippen LogP contribution in [0.2, 0.25) is 0 Å². The first-order valence-electron chi connectivity index (χ1n) is 8.51. The van der Waals surface area contributed by atoms with Gasteiger partial charge in [0.1, 0.15) is 16.3 Å². The minimum absolute atomic E-state index is 0.183. The Labute approximate surface area is 149 Å². The highest BCUT2D eigenvalue weighted by Gasteiger charge is 2.29. The smallest absolute Gasteiger partial charge is 0.267 e. The Balaban J connectivity index is 2.09. The van der Waals surface area contributed by atoms with Crippen LogP contribution >= 0.6 is 11.3 Å². The van der Waals surface area contributed by atoms with Gasteiger partial charge < -0.3 is 9.67 Å². The number of anilines is 1. The molecule has 0 unspecified atom stereocenters. The van der Waals surface area contributed by atoms with Crippen molar-refractivity contribution in [2.75, 3.05) is 5.32 Å². The van der Waals surface area contributed by atoms with E-state index in [0.717, 1.165) is 30.5 Å². The third kappa shape index (κ3) is 3.30. The Morgan fingerprint density at radius 3 is 2.84 bits per heavy atom. The van der Waals surface area contributed by atoms with Gasteiger partial charge in [-0.2, -0.15) is 0 Å². The zero-order valence-electron chi connectivity index (χ0n) is 14.6. The van der Waals surface area contributed by atoms with Gasteiger partial charge in [-0.05, 0) is 38.5 Å². The monoisotopic (exact) mass is 362 g/mol. The molecule has 2 N–H and O–H groups in total. The second-order valence-corrected chi connectivity index (χ2v) is 7.72. The fourth-order valence-corrected chi connectivity index (χ4v) is 3.90. The molecule has 0 aliphatic heterocycles. The summed E-state index contributed by atoms with van der Waals surface area (Å²) in [6, 6.07) is 0. The third-order valence-electron chi connectivity index (χ3n) is 4.50. The summed E-state index contributed by atoms with van der Waals surface area (Å²) in [6.07, 6.45) is 3.18. The van der Waals surface area contributed by atoms with E-state index in [4.69, 9.17) is 0 Å². The first-order valence-corrected chi connectivity index (χ1v) is 9.33. The van der Waals surface area contributed by atoms with Crippen LogP contribution in [0.25, 0.3) is 0 Å². The topological polar surface area (TPSA) is 97.1 Å². The molecular formula is C17H22N4O3S. The molecule has 134 valence electrons. The van der Waals surface area contributed by atoms with Crippen molar-refractivity contribution < 1.29 is 9.90 Å². The van der Waals surface area contributed by atoms with E-state index in [1.54, 1.807) is 11.5 Å². The van der Waals surface area contributed by atoms with Crippen molar-refractivity contribution in [2.45, 2.75) is 53.0 Å². The number of aromatic hydroxyl groups is 1. The van der Waals surface area contributed by atoms with Crippen LogP contribution in [0.4, 0.5) is 5.13 Å². The van der Waals surface area contributed by atoms with Crippen molar-refractivity contribution in [3.63, 3.8) is 0 Å². The van der Waals surface area contributed by atoms with E-state index in [0.29, 0.717) is 29.0 Å². The standard InChI is InChI=1S/C17H22N4O3S/c1-4-7-21-12-6-5-9(2)8-11(12)14(22)13(16(21)24)15(23)18-17-20-19-10(3)25-17/h9,22H,4-8H2,1-3H3,(H,18,20,23)/t9-/m0/s1. The minimum Gasteiger partial charge on any atom is -0.507 e. The number of hydrogen-bond acceptors (Lipinski definition) is 6. The van der Waals surface area contributed by atoms with Crippen LogP contribution in [0, 0.1) is 12.8 Å². The van der Waals surface area contributed by atoms with E-state index in [2.05, 4.69) is 22.4 Å². The van der Waals surface area contributed by atoms with Crippen LogP contribution in [-0.2, 0) is 19.4 Å². The minimum atomic E-state index is -0.635. The van der Waals surface area contributed by atoms with Gasteiger partial charge in [-0.25, -0.2) is 0 Å². The van der Waals surface area contributed by atoms with Crippen molar-refractivity contribution in [1.29, 1.82) is 0 Å². The third-order valence-corrected chi connectivity index (χ3v) is 5.26. The molecule has 8 heteroatoms. The van der Waals surface area contributed by atoms with Crippen LogP contribution in [0.1, 0.15) is 53.3 Å².